The van der Waals surface area contributed by atoms with Gasteiger partial charge in [-0.25, -0.2) is 0 Å². The first kappa shape index (κ1) is 10.2. The summed E-state index contributed by atoms with van der Waals surface area (Å²) in [5, 5.41) is 0. The van der Waals surface area contributed by atoms with E-state index >= 15 is 0 Å². The molecule has 0 aromatic rings. The van der Waals surface area contributed by atoms with Crippen LogP contribution in [0.1, 0.15) is 0 Å². The van der Waals surface area contributed by atoms with Crippen molar-refractivity contribution in [2.24, 2.45) is 0 Å². The number of rotatable bonds is 0. The minimum absolute atomic E-state index is 0. The van der Waals surface area contributed by atoms with Crippen molar-refractivity contribution < 1.29 is 9.59 Å². The Bertz CT molecular complexity index is 27.0. The van der Waals surface area contributed by atoms with E-state index in [1.165, 1.54) is 0 Å². The van der Waals surface area contributed by atoms with Gasteiger partial charge < -0.3 is 6.15 Å². The molecule has 0 rings (SSSR count). The van der Waals surface area contributed by atoms with Gasteiger partial charge in [0.2, 0.25) is 0 Å². The fourth-order valence-electron chi connectivity index (χ4n) is 0. The van der Waals surface area contributed by atoms with Crippen molar-refractivity contribution in [3.63, 3.8) is 0 Å². The molecule has 0 heterocycles. The Morgan fingerprint density at radius 3 is 1.25 bits per heavy atom. The van der Waals surface area contributed by atoms with Crippen LogP contribution in [-0.2, 0) is 9.59 Å². The average Bonchev–Trinajstić information content (AvgIpc) is 0.918. The highest BCUT2D eigenvalue weighted by Gasteiger charge is 1.13. The van der Waals surface area contributed by atoms with Crippen LogP contribution < -0.4 is 6.15 Å². The lowest BCUT2D eigenvalue weighted by atomic mass is 11.8. The summed E-state index contributed by atoms with van der Waals surface area (Å²) >= 11 is 0. The SMILES string of the molecule is N.O=C=O. The Morgan fingerprint density at radius 1 is 1.25 bits per heavy atom. The van der Waals surface area contributed by atoms with Gasteiger partial charge in [0.15, 0.2) is 0 Å². The van der Waals surface area contributed by atoms with E-state index in [1.807, 2.05) is 0 Å². The van der Waals surface area contributed by atoms with E-state index in [0.29, 0.717) is 0 Å². The average molecular weight is 61.0 g/mol. The van der Waals surface area contributed by atoms with E-state index < -0.39 is 0 Å². The molecule has 24 valence electrons. The fourth-order valence-corrected chi connectivity index (χ4v) is 0. The molecule has 0 unspecified atom stereocenters. The second kappa shape index (κ2) is 36.3. The summed E-state index contributed by atoms with van der Waals surface area (Å²) in [4.78, 5) is 16.2. The molecule has 4 heavy (non-hydrogen) atoms. The summed E-state index contributed by atoms with van der Waals surface area (Å²) in [6, 6.07) is 0. The lowest BCUT2D eigenvalue weighted by Gasteiger charge is -0.945. The number of carbonyl (C=O) groups excluding carboxylic acids is 2. The van der Waals surface area contributed by atoms with Crippen molar-refractivity contribution in [2.75, 3.05) is 0 Å². The van der Waals surface area contributed by atoms with Gasteiger partial charge in [0.1, 0.15) is 0 Å². The van der Waals surface area contributed by atoms with Crippen LogP contribution in [0.15, 0.2) is 0 Å². The van der Waals surface area contributed by atoms with Gasteiger partial charge in [0.25, 0.3) is 0 Å². The first-order valence-corrected chi connectivity index (χ1v) is 0.408. The van der Waals surface area contributed by atoms with E-state index in [2.05, 4.69) is 0 Å². The van der Waals surface area contributed by atoms with Crippen LogP contribution in [0, 0.1) is 0 Å². The zero-order valence-electron chi connectivity index (χ0n) is 2.02. The third-order valence-corrected chi connectivity index (χ3v) is 0. The molecule has 3 heteroatoms. The predicted molar refractivity (Wildman–Crippen MR) is 10.0 cm³/mol. The van der Waals surface area contributed by atoms with Gasteiger partial charge >= 0.3 is 6.15 Å². The quantitative estimate of drug-likeness (QED) is 0.413. The van der Waals surface area contributed by atoms with Gasteiger partial charge in [-0.2, -0.15) is 9.59 Å². The summed E-state index contributed by atoms with van der Waals surface area (Å²) in [5.74, 6) is 0. The molecule has 0 saturated heterocycles. The van der Waals surface area contributed by atoms with E-state index in [0.717, 1.165) is 0 Å². The van der Waals surface area contributed by atoms with E-state index in [1.54, 1.807) is 0 Å². The lowest BCUT2D eigenvalue weighted by Crippen LogP contribution is -1.22. The van der Waals surface area contributed by atoms with Gasteiger partial charge in [-0.15, -0.1) is 0 Å². The van der Waals surface area contributed by atoms with Crippen LogP contribution in [0.3, 0.4) is 0 Å². The predicted octanol–water partition coefficient (Wildman–Crippen LogP) is -0.422. The van der Waals surface area contributed by atoms with Crippen molar-refractivity contribution in [3.8, 4) is 0 Å². The number of hydrogen-bond acceptors (Lipinski definition) is 3. The van der Waals surface area contributed by atoms with E-state index in [4.69, 9.17) is 9.59 Å². The molecule has 0 aliphatic carbocycles. The van der Waals surface area contributed by atoms with Crippen LogP contribution in [0.5, 0.6) is 0 Å². The summed E-state index contributed by atoms with van der Waals surface area (Å²) < 4.78 is 0. The Morgan fingerprint density at radius 2 is 1.25 bits per heavy atom. The first-order valence-electron chi connectivity index (χ1n) is 0.408. The second-order valence-corrected chi connectivity index (χ2v) is 0.0833. The summed E-state index contributed by atoms with van der Waals surface area (Å²) in [5.41, 5.74) is 0. The van der Waals surface area contributed by atoms with Gasteiger partial charge in [0.05, 0.1) is 0 Å². The topological polar surface area (TPSA) is 69.1 Å². The zero-order chi connectivity index (χ0) is 2.71. The normalized spacial score (nSPS) is 2.00. The third-order valence-electron chi connectivity index (χ3n) is 0. The van der Waals surface area contributed by atoms with Gasteiger partial charge in [0, 0.05) is 0 Å². The maximum Gasteiger partial charge on any atom is 0.373 e. The smallest absolute Gasteiger partial charge is 0.344 e. The Labute approximate surface area is 23.2 Å². The summed E-state index contributed by atoms with van der Waals surface area (Å²) in [6.07, 6.45) is 0.250. The highest BCUT2D eigenvalue weighted by molar-refractivity contribution is 5.20. The second-order valence-electron chi connectivity index (χ2n) is 0.0833. The Kier molecular flexibility index (Phi) is 92.5. The summed E-state index contributed by atoms with van der Waals surface area (Å²) in [6.45, 7) is 0. The third kappa shape index (κ3) is 0.356. The molecule has 0 bridgehead atoms. The fraction of sp³-hybridized carbons (Fsp3) is 0. The van der Waals surface area contributed by atoms with Crippen molar-refractivity contribution in [2.45, 2.75) is 0 Å². The molecule has 0 aromatic heterocycles. The van der Waals surface area contributed by atoms with Crippen LogP contribution >= 0.6 is 0 Å². The largest absolute Gasteiger partial charge is 0.373 e. The maximum atomic E-state index is 8.12. The Hall–Kier alpha value is -0.660. The molecule has 0 aromatic carbocycles. The molecule has 0 atom stereocenters. The molecule has 3 nitrogen and oxygen atoms in total. The molecule has 0 fully saturated rings. The van der Waals surface area contributed by atoms with Crippen LogP contribution in [0.4, 0.5) is 0 Å². The van der Waals surface area contributed by atoms with Crippen LogP contribution in [-0.4, -0.2) is 6.15 Å². The molecular formula is CH3NO2. The molecule has 0 amide bonds. The minimum Gasteiger partial charge on any atom is -0.344 e. The molecule has 0 spiro atoms. The van der Waals surface area contributed by atoms with Crippen molar-refractivity contribution in [1.29, 1.82) is 0 Å². The van der Waals surface area contributed by atoms with Gasteiger partial charge in [-0.3, -0.25) is 0 Å². The highest BCUT2D eigenvalue weighted by Crippen LogP contribution is 0.787. The van der Waals surface area contributed by atoms with E-state index in [9.17, 15) is 0 Å². The van der Waals surface area contributed by atoms with Crippen molar-refractivity contribution >= 4 is 6.15 Å². The van der Waals surface area contributed by atoms with Crippen molar-refractivity contribution in [1.82, 2.24) is 6.15 Å². The molecule has 0 aliphatic heterocycles. The van der Waals surface area contributed by atoms with Crippen LogP contribution in [0.2, 0.25) is 0 Å². The Balaban J connectivity index is 0. The zero-order valence-corrected chi connectivity index (χ0v) is 2.02. The summed E-state index contributed by atoms with van der Waals surface area (Å²) in [7, 11) is 0. The minimum atomic E-state index is 0. The standard InChI is InChI=1S/CO2.H3N/c2-1-3;/h;1H3. The molecule has 3 N–H and O–H groups in total. The molecule has 0 radical (unpaired) electrons. The monoisotopic (exact) mass is 61.0 g/mol. The van der Waals surface area contributed by atoms with Gasteiger partial charge in [-0.05, 0) is 0 Å². The first-order chi connectivity index (χ1) is 1.41. The molecule has 0 aliphatic rings. The molecular weight excluding hydrogens is 58.0 g/mol. The maximum absolute atomic E-state index is 8.12. The molecule has 0 saturated carbocycles. The van der Waals surface area contributed by atoms with E-state index in [-0.39, 0.29) is 12.3 Å². The highest BCUT2D eigenvalue weighted by atomic mass is 16.2. The van der Waals surface area contributed by atoms with Crippen LogP contribution in [0.25, 0.3) is 0 Å². The van der Waals surface area contributed by atoms with Crippen molar-refractivity contribution in [3.05, 3.63) is 0 Å². The lowest BCUT2D eigenvalue weighted by molar-refractivity contribution is -0.191. The number of hydrogen-bond donors (Lipinski definition) is 1. The van der Waals surface area contributed by atoms with Gasteiger partial charge in [-0.1, -0.05) is 0 Å².